The number of nitrogens with zero attached hydrogens (tertiary/aromatic N) is 1. The molecule has 2 aliphatic heterocycles. The fourth-order valence-corrected chi connectivity index (χ4v) is 2.65. The third kappa shape index (κ3) is 2.35. The lowest BCUT2D eigenvalue weighted by Crippen LogP contribution is -2.61. The molecule has 6 heteroatoms. The summed E-state index contributed by atoms with van der Waals surface area (Å²) in [6.07, 6.45) is 1.79. The Morgan fingerprint density at radius 2 is 2.22 bits per heavy atom. The van der Waals surface area contributed by atoms with Gasteiger partial charge in [-0.15, -0.1) is 0 Å². The van der Waals surface area contributed by atoms with Crippen LogP contribution in [0.25, 0.3) is 0 Å². The van der Waals surface area contributed by atoms with Crippen LogP contribution in [-0.4, -0.2) is 53.2 Å². The van der Waals surface area contributed by atoms with E-state index < -0.39 is 17.6 Å². The van der Waals surface area contributed by atoms with E-state index in [9.17, 15) is 14.7 Å². The summed E-state index contributed by atoms with van der Waals surface area (Å²) < 4.78 is 5.17. The number of hydrogen-bond acceptors (Lipinski definition) is 4. The molecule has 102 valence electrons. The minimum Gasteiger partial charge on any atom is -0.480 e. The van der Waals surface area contributed by atoms with E-state index in [2.05, 4.69) is 0 Å². The Morgan fingerprint density at radius 1 is 1.50 bits per heavy atom. The van der Waals surface area contributed by atoms with Gasteiger partial charge in [-0.1, -0.05) is 6.92 Å². The molecular formula is C12H20N2O4. The van der Waals surface area contributed by atoms with E-state index in [1.54, 1.807) is 0 Å². The van der Waals surface area contributed by atoms with Gasteiger partial charge in [0.1, 0.15) is 11.6 Å². The maximum Gasteiger partial charge on any atom is 0.326 e. The summed E-state index contributed by atoms with van der Waals surface area (Å²) in [6.45, 7) is 3.12. The lowest BCUT2D eigenvalue weighted by atomic mass is 9.89. The zero-order valence-corrected chi connectivity index (χ0v) is 10.6. The summed E-state index contributed by atoms with van der Waals surface area (Å²) in [6, 6.07) is -0.748. The largest absolute Gasteiger partial charge is 0.480 e. The number of rotatable bonds is 2. The summed E-state index contributed by atoms with van der Waals surface area (Å²) in [5.74, 6) is -0.902. The van der Waals surface area contributed by atoms with Gasteiger partial charge in [0, 0.05) is 13.2 Å². The predicted molar refractivity (Wildman–Crippen MR) is 63.9 cm³/mol. The molecule has 0 spiro atoms. The molecule has 2 fully saturated rings. The number of aliphatic carboxylic acids is 1. The highest BCUT2D eigenvalue weighted by Gasteiger charge is 2.45. The monoisotopic (exact) mass is 256 g/mol. The van der Waals surface area contributed by atoms with Crippen molar-refractivity contribution in [1.82, 2.24) is 4.90 Å². The van der Waals surface area contributed by atoms with E-state index in [4.69, 9.17) is 10.5 Å². The van der Waals surface area contributed by atoms with Crippen LogP contribution < -0.4 is 5.73 Å². The molecule has 2 saturated heterocycles. The summed E-state index contributed by atoms with van der Waals surface area (Å²) in [4.78, 5) is 25.1. The van der Waals surface area contributed by atoms with Crippen LogP contribution in [0.5, 0.6) is 0 Å². The third-order valence-electron chi connectivity index (χ3n) is 3.89. The molecule has 0 aromatic heterocycles. The molecule has 0 saturated carbocycles. The summed E-state index contributed by atoms with van der Waals surface area (Å²) in [5, 5.41) is 9.24. The number of amides is 1. The SMILES string of the molecule is CC1CCN(C(=O)C2(N)CCOC2)C(C(=O)O)C1. The van der Waals surface area contributed by atoms with Gasteiger partial charge in [0.15, 0.2) is 0 Å². The maximum absolute atomic E-state index is 12.4. The molecule has 0 bridgehead atoms. The standard InChI is InChI=1S/C12H20N2O4/c1-8-2-4-14(9(6-8)10(15)16)11(17)12(13)3-5-18-7-12/h8-9H,2-7,13H2,1H3,(H,15,16). The van der Waals surface area contributed by atoms with E-state index in [1.165, 1.54) is 4.90 Å². The van der Waals surface area contributed by atoms with E-state index in [0.29, 0.717) is 31.9 Å². The van der Waals surface area contributed by atoms with Crippen LogP contribution >= 0.6 is 0 Å². The van der Waals surface area contributed by atoms with Crippen LogP contribution in [0.15, 0.2) is 0 Å². The van der Waals surface area contributed by atoms with Crippen LogP contribution in [0.1, 0.15) is 26.2 Å². The number of carboxylic acid groups (broad SMARTS) is 1. The Morgan fingerprint density at radius 3 is 2.78 bits per heavy atom. The van der Waals surface area contributed by atoms with Gasteiger partial charge < -0.3 is 20.5 Å². The molecule has 2 aliphatic rings. The number of carboxylic acids is 1. The first-order valence-corrected chi connectivity index (χ1v) is 6.34. The van der Waals surface area contributed by atoms with Crippen molar-refractivity contribution >= 4 is 11.9 Å². The quantitative estimate of drug-likeness (QED) is 0.714. The molecule has 0 aliphatic carbocycles. The Labute approximate surface area is 106 Å². The fraction of sp³-hybridized carbons (Fsp3) is 0.833. The summed E-state index contributed by atoms with van der Waals surface area (Å²) >= 11 is 0. The molecule has 18 heavy (non-hydrogen) atoms. The highest BCUT2D eigenvalue weighted by atomic mass is 16.5. The Kier molecular flexibility index (Phi) is 3.59. The molecule has 3 unspecified atom stereocenters. The number of ether oxygens (including phenoxy) is 1. The normalized spacial score (nSPS) is 36.7. The Hall–Kier alpha value is -1.14. The van der Waals surface area contributed by atoms with Crippen molar-refractivity contribution in [2.75, 3.05) is 19.8 Å². The van der Waals surface area contributed by atoms with Gasteiger partial charge in [0.25, 0.3) is 0 Å². The molecular weight excluding hydrogens is 236 g/mol. The number of hydrogen-bond donors (Lipinski definition) is 2. The van der Waals surface area contributed by atoms with Crippen LogP contribution in [-0.2, 0) is 14.3 Å². The molecule has 0 radical (unpaired) electrons. The van der Waals surface area contributed by atoms with Gasteiger partial charge >= 0.3 is 5.97 Å². The Balaban J connectivity index is 2.14. The van der Waals surface area contributed by atoms with Gasteiger partial charge in [-0.3, -0.25) is 4.79 Å². The molecule has 6 nitrogen and oxygen atoms in total. The van der Waals surface area contributed by atoms with E-state index in [0.717, 1.165) is 6.42 Å². The van der Waals surface area contributed by atoms with Crippen LogP contribution in [0.3, 0.4) is 0 Å². The minimum atomic E-state index is -1.03. The first-order valence-electron chi connectivity index (χ1n) is 6.34. The lowest BCUT2D eigenvalue weighted by molar-refractivity contribution is -0.155. The van der Waals surface area contributed by atoms with Crippen molar-refractivity contribution in [3.8, 4) is 0 Å². The van der Waals surface area contributed by atoms with Gasteiger partial charge in [0.05, 0.1) is 6.61 Å². The molecule has 0 aromatic rings. The molecule has 1 amide bonds. The number of piperidine rings is 1. The van der Waals surface area contributed by atoms with Gasteiger partial charge in [-0.2, -0.15) is 0 Å². The number of carbonyl (C=O) groups is 2. The molecule has 3 atom stereocenters. The van der Waals surface area contributed by atoms with Crippen molar-refractivity contribution < 1.29 is 19.4 Å². The first kappa shape index (κ1) is 13.3. The highest BCUT2D eigenvalue weighted by molar-refractivity contribution is 5.90. The van der Waals surface area contributed by atoms with Crippen LogP contribution in [0.4, 0.5) is 0 Å². The second-order valence-corrected chi connectivity index (χ2v) is 5.44. The average Bonchev–Trinajstić information content (AvgIpc) is 2.76. The van der Waals surface area contributed by atoms with Crippen molar-refractivity contribution in [2.24, 2.45) is 11.7 Å². The lowest BCUT2D eigenvalue weighted by Gasteiger charge is -2.39. The van der Waals surface area contributed by atoms with E-state index >= 15 is 0 Å². The average molecular weight is 256 g/mol. The van der Waals surface area contributed by atoms with Crippen molar-refractivity contribution in [3.05, 3.63) is 0 Å². The second kappa shape index (κ2) is 4.85. The number of carbonyl (C=O) groups excluding carboxylic acids is 1. The predicted octanol–water partition coefficient (Wildman–Crippen LogP) is -0.184. The Bertz CT molecular complexity index is 352. The van der Waals surface area contributed by atoms with E-state index in [-0.39, 0.29) is 12.5 Å². The zero-order chi connectivity index (χ0) is 13.3. The smallest absolute Gasteiger partial charge is 0.326 e. The molecule has 2 rings (SSSR count). The fourth-order valence-electron chi connectivity index (χ4n) is 2.65. The topological polar surface area (TPSA) is 92.9 Å². The maximum atomic E-state index is 12.4. The minimum absolute atomic E-state index is 0.185. The molecule has 0 aromatic carbocycles. The van der Waals surface area contributed by atoms with Crippen molar-refractivity contribution in [2.45, 2.75) is 37.8 Å². The van der Waals surface area contributed by atoms with Gasteiger partial charge in [0.2, 0.25) is 5.91 Å². The van der Waals surface area contributed by atoms with E-state index in [1.807, 2.05) is 6.92 Å². The summed E-state index contributed by atoms with van der Waals surface area (Å²) in [7, 11) is 0. The highest BCUT2D eigenvalue weighted by Crippen LogP contribution is 2.27. The second-order valence-electron chi connectivity index (χ2n) is 5.44. The zero-order valence-electron chi connectivity index (χ0n) is 10.6. The van der Waals surface area contributed by atoms with Crippen molar-refractivity contribution in [1.29, 1.82) is 0 Å². The number of likely N-dealkylation sites (tertiary alicyclic amines) is 1. The van der Waals surface area contributed by atoms with Gasteiger partial charge in [-0.05, 0) is 25.2 Å². The third-order valence-corrected chi connectivity index (χ3v) is 3.89. The van der Waals surface area contributed by atoms with Gasteiger partial charge in [-0.25, -0.2) is 4.79 Å². The van der Waals surface area contributed by atoms with Crippen molar-refractivity contribution in [3.63, 3.8) is 0 Å². The van der Waals surface area contributed by atoms with Crippen LogP contribution in [0.2, 0.25) is 0 Å². The summed E-state index contributed by atoms with van der Waals surface area (Å²) in [5.41, 5.74) is 4.99. The van der Waals surface area contributed by atoms with Crippen LogP contribution in [0, 0.1) is 5.92 Å². The molecule has 3 N–H and O–H groups in total. The first-order chi connectivity index (χ1) is 8.44. The number of nitrogens with two attached hydrogens (primary N) is 1. The molecule has 2 heterocycles.